The summed E-state index contributed by atoms with van der Waals surface area (Å²) in [4.78, 5) is 63.0. The zero-order chi connectivity index (χ0) is 40.1. The number of phenols is 1. The van der Waals surface area contributed by atoms with Gasteiger partial charge in [0.25, 0.3) is 0 Å². The topological polar surface area (TPSA) is 279 Å². The second-order valence-corrected chi connectivity index (χ2v) is 12.9. The molecule has 5 rings (SSSR count). The standard InChI is InChI=1S/C35H42O20/c1-5-17-18-9-10-46-31(44)20(18)12-48-33(17)55-35-30(50-16(4)39)29(49-15(3)38)28(23(53-35)13-47-14(2)37)54-32(45)19-7-6-8-21(24(19)40)51-34-27(43)26(42)25(41)22(11-36)52-34/h5-8,12,17-18,22-23,25-30,33-36,40-43H,1,9-11,13H2,2-4H3/t17-,18+,22-,23-,25-,26+,27-,28-,29+,30-,33+,34-,35+/m1/s1. The number of cyclic esters (lactones) is 1. The van der Waals surface area contributed by atoms with E-state index in [-0.39, 0.29) is 12.2 Å². The molecule has 0 radical (unpaired) electrons. The van der Waals surface area contributed by atoms with Crippen LogP contribution in [0.2, 0.25) is 0 Å². The molecule has 0 spiro atoms. The van der Waals surface area contributed by atoms with Gasteiger partial charge in [0.2, 0.25) is 18.9 Å². The maximum atomic E-state index is 13.8. The van der Waals surface area contributed by atoms with Crippen LogP contribution in [0.4, 0.5) is 0 Å². The average Bonchev–Trinajstić information content (AvgIpc) is 3.13. The van der Waals surface area contributed by atoms with Gasteiger partial charge in [-0.3, -0.25) is 14.4 Å². The minimum absolute atomic E-state index is 0.123. The highest BCUT2D eigenvalue weighted by atomic mass is 16.8. The molecule has 20 heteroatoms. The van der Waals surface area contributed by atoms with E-state index in [0.717, 1.165) is 26.8 Å². The molecule has 5 N–H and O–H groups in total. The number of rotatable bonds is 12. The molecule has 13 atom stereocenters. The van der Waals surface area contributed by atoms with Gasteiger partial charge in [0.05, 0.1) is 25.0 Å². The molecule has 20 nitrogen and oxygen atoms in total. The van der Waals surface area contributed by atoms with Gasteiger partial charge in [-0.05, 0) is 18.6 Å². The third kappa shape index (κ3) is 9.18. The van der Waals surface area contributed by atoms with Gasteiger partial charge in [-0.15, -0.1) is 6.58 Å². The number of aromatic hydroxyl groups is 1. The van der Waals surface area contributed by atoms with Gasteiger partial charge in [-0.2, -0.15) is 0 Å². The summed E-state index contributed by atoms with van der Waals surface area (Å²) in [6, 6.07) is 3.52. The van der Waals surface area contributed by atoms with Gasteiger partial charge in [-0.25, -0.2) is 9.59 Å². The molecule has 3 saturated heterocycles. The summed E-state index contributed by atoms with van der Waals surface area (Å²) in [5, 5.41) is 51.2. The molecule has 0 amide bonds. The minimum atomic E-state index is -1.86. The third-order valence-corrected chi connectivity index (χ3v) is 9.15. The van der Waals surface area contributed by atoms with Gasteiger partial charge in [0.15, 0.2) is 29.8 Å². The fourth-order valence-corrected chi connectivity index (χ4v) is 6.52. The van der Waals surface area contributed by atoms with Crippen molar-refractivity contribution in [1.82, 2.24) is 0 Å². The lowest BCUT2D eigenvalue weighted by Crippen LogP contribution is -2.63. The van der Waals surface area contributed by atoms with Crippen LogP contribution in [-0.4, -0.2) is 143 Å². The van der Waals surface area contributed by atoms with Gasteiger partial charge < -0.3 is 72.9 Å². The van der Waals surface area contributed by atoms with Crippen LogP contribution in [0, 0.1) is 11.8 Å². The lowest BCUT2D eigenvalue weighted by Gasteiger charge is -2.46. The van der Waals surface area contributed by atoms with E-state index in [9.17, 15) is 49.5 Å². The number of carbonyl (C=O) groups excluding carboxylic acids is 5. The maximum Gasteiger partial charge on any atom is 0.342 e. The summed E-state index contributed by atoms with van der Waals surface area (Å²) in [6.07, 6.45) is -14.8. The monoisotopic (exact) mass is 782 g/mol. The van der Waals surface area contributed by atoms with Gasteiger partial charge >= 0.3 is 29.8 Å². The number of aliphatic hydroxyl groups is 4. The lowest BCUT2D eigenvalue weighted by atomic mass is 9.81. The Morgan fingerprint density at radius 1 is 0.873 bits per heavy atom. The van der Waals surface area contributed by atoms with E-state index in [1.165, 1.54) is 24.5 Å². The molecule has 0 saturated carbocycles. The van der Waals surface area contributed by atoms with Crippen molar-refractivity contribution in [1.29, 1.82) is 0 Å². The molecular formula is C35H42O20. The number of carbonyl (C=O) groups is 5. The van der Waals surface area contributed by atoms with Gasteiger partial charge in [0, 0.05) is 32.6 Å². The highest BCUT2D eigenvalue weighted by Gasteiger charge is 2.55. The fourth-order valence-electron chi connectivity index (χ4n) is 6.52. The zero-order valence-corrected chi connectivity index (χ0v) is 29.8. The van der Waals surface area contributed by atoms with E-state index in [1.54, 1.807) is 0 Å². The van der Waals surface area contributed by atoms with Crippen LogP contribution >= 0.6 is 0 Å². The van der Waals surface area contributed by atoms with Crippen LogP contribution in [0.1, 0.15) is 37.6 Å². The van der Waals surface area contributed by atoms with Crippen LogP contribution in [0.15, 0.2) is 42.7 Å². The predicted octanol–water partition coefficient (Wildman–Crippen LogP) is -1.13. The summed E-state index contributed by atoms with van der Waals surface area (Å²) < 4.78 is 55.9. The Labute approximate surface area is 313 Å². The fraction of sp³-hybridized carbons (Fsp3) is 0.571. The molecule has 0 bridgehead atoms. The first kappa shape index (κ1) is 41.3. The first-order valence-corrected chi connectivity index (χ1v) is 17.1. The summed E-state index contributed by atoms with van der Waals surface area (Å²) in [5.74, 6) is -6.90. The highest BCUT2D eigenvalue weighted by molar-refractivity contribution is 5.93. The molecule has 4 aliphatic rings. The summed E-state index contributed by atoms with van der Waals surface area (Å²) in [6.45, 7) is 5.72. The van der Waals surface area contributed by atoms with Crippen molar-refractivity contribution in [3.05, 3.63) is 48.3 Å². The highest BCUT2D eigenvalue weighted by Crippen LogP contribution is 2.40. The van der Waals surface area contributed by atoms with Crippen molar-refractivity contribution < 1.29 is 96.9 Å². The number of phenolic OH excluding ortho intramolecular Hbond substituents is 1. The Balaban J connectivity index is 1.45. The van der Waals surface area contributed by atoms with Crippen LogP contribution in [0.5, 0.6) is 11.5 Å². The molecule has 4 heterocycles. The third-order valence-electron chi connectivity index (χ3n) is 9.15. The molecule has 0 aromatic heterocycles. The first-order valence-electron chi connectivity index (χ1n) is 17.1. The number of benzene rings is 1. The van der Waals surface area contributed by atoms with Crippen LogP contribution < -0.4 is 4.74 Å². The molecule has 0 aliphatic carbocycles. The molecule has 1 aromatic rings. The quantitative estimate of drug-likeness (QED) is 0.0953. The second kappa shape index (κ2) is 17.8. The van der Waals surface area contributed by atoms with E-state index < -0.39 is 140 Å². The molecule has 0 unspecified atom stereocenters. The van der Waals surface area contributed by atoms with Crippen LogP contribution in [0.3, 0.4) is 0 Å². The van der Waals surface area contributed by atoms with Crippen LogP contribution in [0.25, 0.3) is 0 Å². The van der Waals surface area contributed by atoms with E-state index in [0.29, 0.717) is 6.42 Å². The molecule has 302 valence electrons. The number of hydrogen-bond acceptors (Lipinski definition) is 20. The van der Waals surface area contributed by atoms with Crippen molar-refractivity contribution >= 4 is 29.8 Å². The zero-order valence-electron chi connectivity index (χ0n) is 29.8. The van der Waals surface area contributed by atoms with Crippen molar-refractivity contribution in [3.63, 3.8) is 0 Å². The normalized spacial score (nSPS) is 34.3. The molecule has 4 aliphatic heterocycles. The van der Waals surface area contributed by atoms with Crippen molar-refractivity contribution in [2.75, 3.05) is 19.8 Å². The number of fused-ring (bicyclic) bond motifs is 1. The molecule has 1 aromatic carbocycles. The van der Waals surface area contributed by atoms with E-state index in [4.69, 9.17) is 47.4 Å². The van der Waals surface area contributed by atoms with E-state index in [2.05, 4.69) is 6.58 Å². The van der Waals surface area contributed by atoms with Gasteiger partial charge in [-0.1, -0.05) is 12.1 Å². The Hall–Kier alpha value is -4.83. The van der Waals surface area contributed by atoms with Gasteiger partial charge in [0.1, 0.15) is 42.7 Å². The van der Waals surface area contributed by atoms with Crippen LogP contribution in [-0.2, 0) is 61.8 Å². The van der Waals surface area contributed by atoms with E-state index in [1.807, 2.05) is 0 Å². The molecular weight excluding hydrogens is 740 g/mol. The van der Waals surface area contributed by atoms with Crippen molar-refractivity contribution in [3.8, 4) is 11.5 Å². The minimum Gasteiger partial charge on any atom is -0.504 e. The Morgan fingerprint density at radius 3 is 2.22 bits per heavy atom. The molecule has 55 heavy (non-hydrogen) atoms. The Bertz CT molecular complexity index is 1640. The number of ether oxygens (including phenoxy) is 10. The number of aliphatic hydroxyl groups excluding tert-OH is 4. The largest absolute Gasteiger partial charge is 0.504 e. The smallest absolute Gasteiger partial charge is 0.342 e. The maximum absolute atomic E-state index is 13.8. The summed E-state index contributed by atoms with van der Waals surface area (Å²) in [5.41, 5.74) is -0.309. The summed E-state index contributed by atoms with van der Waals surface area (Å²) >= 11 is 0. The predicted molar refractivity (Wildman–Crippen MR) is 175 cm³/mol. The summed E-state index contributed by atoms with van der Waals surface area (Å²) in [7, 11) is 0. The Morgan fingerprint density at radius 2 is 1.56 bits per heavy atom. The SMILES string of the molecule is C=C[C@H]1[C@H](O[C@@H]2O[C@H](COC(C)=O)[C@@H](OC(=O)c3cccc(O[C@@H]4O[C@H](CO)[C@@H](O)[C@H](O)[C@H]4O)c3O)[C@H](OC(C)=O)[C@H]2OC(C)=O)OC=C2C(=O)OCC[C@H]21. The van der Waals surface area contributed by atoms with E-state index >= 15 is 0 Å². The number of para-hydroxylation sites is 1. The Kier molecular flexibility index (Phi) is 13.3. The number of esters is 5. The average molecular weight is 783 g/mol. The second-order valence-electron chi connectivity index (χ2n) is 12.9. The number of hydrogen-bond donors (Lipinski definition) is 5. The van der Waals surface area contributed by atoms with Crippen molar-refractivity contribution in [2.24, 2.45) is 11.8 Å². The lowest BCUT2D eigenvalue weighted by molar-refractivity contribution is -0.341. The first-order chi connectivity index (χ1) is 26.1. The molecule has 3 fully saturated rings. The van der Waals surface area contributed by atoms with Crippen molar-refractivity contribution in [2.45, 2.75) is 94.9 Å².